The van der Waals surface area contributed by atoms with Gasteiger partial charge in [-0.2, -0.15) is 0 Å². The van der Waals surface area contributed by atoms with Crippen LogP contribution in [0.25, 0.3) is 10.2 Å². The maximum atomic E-state index is 11.8. The Morgan fingerprint density at radius 2 is 2.28 bits per heavy atom. The third-order valence-corrected chi connectivity index (χ3v) is 3.74. The first-order chi connectivity index (χ1) is 8.63. The number of esters is 1. The largest absolute Gasteiger partial charge is 0.459 e. The second kappa shape index (κ2) is 5.60. The standard InChI is InChI=1S/C11H11ClN2O3S/c1-6-7-5-13-11(12)14-9(7)18-8(6)10(15)17-4-3-16-2/h5H,3-4H2,1-2H3. The lowest BCUT2D eigenvalue weighted by Gasteiger charge is -2.02. The highest BCUT2D eigenvalue weighted by Crippen LogP contribution is 2.29. The summed E-state index contributed by atoms with van der Waals surface area (Å²) < 4.78 is 9.89. The van der Waals surface area contributed by atoms with Crippen LogP contribution in [-0.2, 0) is 9.47 Å². The monoisotopic (exact) mass is 286 g/mol. The van der Waals surface area contributed by atoms with Crippen LogP contribution in [0.5, 0.6) is 0 Å². The zero-order valence-electron chi connectivity index (χ0n) is 9.90. The summed E-state index contributed by atoms with van der Waals surface area (Å²) in [7, 11) is 1.55. The third kappa shape index (κ3) is 2.60. The van der Waals surface area contributed by atoms with E-state index in [0.29, 0.717) is 16.3 Å². The lowest BCUT2D eigenvalue weighted by molar-refractivity contribution is 0.0393. The van der Waals surface area contributed by atoms with Gasteiger partial charge in [0.25, 0.3) is 0 Å². The summed E-state index contributed by atoms with van der Waals surface area (Å²) in [5, 5.41) is 0.992. The molecule has 0 saturated carbocycles. The van der Waals surface area contributed by atoms with Crippen molar-refractivity contribution in [2.75, 3.05) is 20.3 Å². The van der Waals surface area contributed by atoms with Crippen LogP contribution in [0, 0.1) is 6.92 Å². The van der Waals surface area contributed by atoms with Crippen LogP contribution in [0.2, 0.25) is 5.28 Å². The zero-order valence-corrected chi connectivity index (χ0v) is 11.5. The van der Waals surface area contributed by atoms with E-state index >= 15 is 0 Å². The van der Waals surface area contributed by atoms with Crippen LogP contribution in [0.1, 0.15) is 15.2 Å². The molecule has 0 amide bonds. The first-order valence-corrected chi connectivity index (χ1v) is 6.40. The fraction of sp³-hybridized carbons (Fsp3) is 0.364. The lowest BCUT2D eigenvalue weighted by Crippen LogP contribution is -2.09. The number of thiophene rings is 1. The van der Waals surface area contributed by atoms with Crippen molar-refractivity contribution in [3.8, 4) is 0 Å². The quantitative estimate of drug-likeness (QED) is 0.491. The smallest absolute Gasteiger partial charge is 0.348 e. The van der Waals surface area contributed by atoms with Gasteiger partial charge < -0.3 is 9.47 Å². The number of nitrogens with zero attached hydrogens (tertiary/aromatic N) is 2. The van der Waals surface area contributed by atoms with Gasteiger partial charge in [-0.05, 0) is 24.1 Å². The first kappa shape index (κ1) is 13.2. The van der Waals surface area contributed by atoms with E-state index in [1.165, 1.54) is 11.3 Å². The molecule has 0 aromatic carbocycles. The zero-order chi connectivity index (χ0) is 13.1. The summed E-state index contributed by atoms with van der Waals surface area (Å²) >= 11 is 6.97. The van der Waals surface area contributed by atoms with Crippen LogP contribution in [-0.4, -0.2) is 36.3 Å². The van der Waals surface area contributed by atoms with Gasteiger partial charge in [0, 0.05) is 18.7 Å². The van der Waals surface area contributed by atoms with E-state index in [4.69, 9.17) is 21.1 Å². The SMILES string of the molecule is COCCOC(=O)c1sc2nc(Cl)ncc2c1C. The third-order valence-electron chi connectivity index (χ3n) is 2.37. The van der Waals surface area contributed by atoms with E-state index in [9.17, 15) is 4.79 Å². The predicted molar refractivity (Wildman–Crippen MR) is 69.3 cm³/mol. The molecule has 0 aliphatic rings. The van der Waals surface area contributed by atoms with Crippen LogP contribution in [0.3, 0.4) is 0 Å². The number of ether oxygens (including phenoxy) is 2. The van der Waals surface area contributed by atoms with Gasteiger partial charge in [0.2, 0.25) is 5.28 Å². The van der Waals surface area contributed by atoms with Gasteiger partial charge in [0.05, 0.1) is 6.61 Å². The van der Waals surface area contributed by atoms with E-state index in [2.05, 4.69) is 9.97 Å². The number of carbonyl (C=O) groups is 1. The molecule has 5 nitrogen and oxygen atoms in total. The van der Waals surface area contributed by atoms with Gasteiger partial charge in [-0.25, -0.2) is 14.8 Å². The molecule has 0 radical (unpaired) electrons. The molecule has 18 heavy (non-hydrogen) atoms. The fourth-order valence-electron chi connectivity index (χ4n) is 1.45. The number of carbonyl (C=O) groups excluding carboxylic acids is 1. The van der Waals surface area contributed by atoms with Crippen molar-refractivity contribution in [3.63, 3.8) is 0 Å². The Morgan fingerprint density at radius 3 is 3.00 bits per heavy atom. The minimum atomic E-state index is -0.372. The van der Waals surface area contributed by atoms with Crippen molar-refractivity contribution in [1.82, 2.24) is 9.97 Å². The van der Waals surface area contributed by atoms with Crippen molar-refractivity contribution >= 4 is 39.1 Å². The first-order valence-electron chi connectivity index (χ1n) is 5.21. The van der Waals surface area contributed by atoms with Gasteiger partial charge in [-0.3, -0.25) is 0 Å². The molecule has 2 heterocycles. The van der Waals surface area contributed by atoms with E-state index in [-0.39, 0.29) is 17.9 Å². The summed E-state index contributed by atoms with van der Waals surface area (Å²) in [4.78, 5) is 21.0. The molecule has 0 unspecified atom stereocenters. The van der Waals surface area contributed by atoms with Crippen LogP contribution < -0.4 is 0 Å². The molecule has 2 aromatic rings. The Bertz CT molecular complexity index is 585. The highest BCUT2D eigenvalue weighted by atomic mass is 35.5. The molecule has 0 saturated heterocycles. The van der Waals surface area contributed by atoms with E-state index in [1.54, 1.807) is 13.3 Å². The number of aryl methyl sites for hydroxylation is 1. The Balaban J connectivity index is 2.28. The second-order valence-corrected chi connectivity index (χ2v) is 4.88. The summed E-state index contributed by atoms with van der Waals surface area (Å²) in [6, 6.07) is 0. The number of methoxy groups -OCH3 is 1. The predicted octanol–water partition coefficient (Wildman–Crippen LogP) is 2.46. The maximum Gasteiger partial charge on any atom is 0.348 e. The molecular weight excluding hydrogens is 276 g/mol. The minimum absolute atomic E-state index is 0.169. The number of rotatable bonds is 4. The molecule has 96 valence electrons. The Morgan fingerprint density at radius 1 is 1.50 bits per heavy atom. The van der Waals surface area contributed by atoms with Crippen LogP contribution in [0.4, 0.5) is 0 Å². The molecule has 0 bridgehead atoms. The summed E-state index contributed by atoms with van der Waals surface area (Å²) in [6.45, 7) is 2.44. The number of fused-ring (bicyclic) bond motifs is 1. The number of hydrogen-bond donors (Lipinski definition) is 0. The molecule has 0 aliphatic heterocycles. The average Bonchev–Trinajstić information content (AvgIpc) is 2.66. The summed E-state index contributed by atoms with van der Waals surface area (Å²) in [5.41, 5.74) is 0.814. The van der Waals surface area contributed by atoms with Crippen molar-refractivity contribution in [2.24, 2.45) is 0 Å². The second-order valence-electron chi connectivity index (χ2n) is 3.54. The Labute approximate surface area is 113 Å². The Hall–Kier alpha value is -1.24. The molecule has 2 aromatic heterocycles. The fourth-order valence-corrected chi connectivity index (χ4v) is 2.68. The van der Waals surface area contributed by atoms with Gasteiger partial charge in [-0.1, -0.05) is 0 Å². The molecule has 2 rings (SSSR count). The topological polar surface area (TPSA) is 61.3 Å². The van der Waals surface area contributed by atoms with Crippen LogP contribution in [0.15, 0.2) is 6.20 Å². The van der Waals surface area contributed by atoms with Gasteiger partial charge in [0.1, 0.15) is 16.3 Å². The lowest BCUT2D eigenvalue weighted by atomic mass is 10.2. The average molecular weight is 287 g/mol. The molecule has 0 fully saturated rings. The molecule has 0 spiro atoms. The molecule has 0 atom stereocenters. The van der Waals surface area contributed by atoms with E-state index in [0.717, 1.165) is 10.9 Å². The van der Waals surface area contributed by atoms with Crippen molar-refractivity contribution in [1.29, 1.82) is 0 Å². The van der Waals surface area contributed by atoms with Crippen molar-refractivity contribution in [2.45, 2.75) is 6.92 Å². The highest BCUT2D eigenvalue weighted by Gasteiger charge is 2.17. The normalized spacial score (nSPS) is 10.8. The van der Waals surface area contributed by atoms with Crippen molar-refractivity contribution in [3.05, 3.63) is 21.9 Å². The van der Waals surface area contributed by atoms with Gasteiger partial charge in [0.15, 0.2) is 0 Å². The van der Waals surface area contributed by atoms with Crippen LogP contribution >= 0.6 is 22.9 Å². The Kier molecular flexibility index (Phi) is 4.11. The van der Waals surface area contributed by atoms with E-state index < -0.39 is 0 Å². The summed E-state index contributed by atoms with van der Waals surface area (Å²) in [5.74, 6) is -0.372. The van der Waals surface area contributed by atoms with Gasteiger partial charge in [-0.15, -0.1) is 11.3 Å². The maximum absolute atomic E-state index is 11.8. The van der Waals surface area contributed by atoms with Crippen molar-refractivity contribution < 1.29 is 14.3 Å². The molecule has 7 heteroatoms. The molecule has 0 N–H and O–H groups in total. The molecule has 0 aliphatic carbocycles. The van der Waals surface area contributed by atoms with Gasteiger partial charge >= 0.3 is 5.97 Å². The van der Waals surface area contributed by atoms with E-state index in [1.807, 2.05) is 6.92 Å². The molecular formula is C11H11ClN2O3S. The minimum Gasteiger partial charge on any atom is -0.459 e. The highest BCUT2D eigenvalue weighted by molar-refractivity contribution is 7.20. The number of hydrogen-bond acceptors (Lipinski definition) is 6. The number of aromatic nitrogens is 2. The summed E-state index contributed by atoms with van der Waals surface area (Å²) in [6.07, 6.45) is 1.61. The number of halogens is 1.